The molecule has 4 rings (SSSR count). The van der Waals surface area contributed by atoms with Gasteiger partial charge in [0, 0.05) is 23.0 Å². The number of halogens is 1. The van der Waals surface area contributed by atoms with Crippen molar-refractivity contribution in [2.45, 2.75) is 33.7 Å². The lowest BCUT2D eigenvalue weighted by atomic mass is 9.94. The van der Waals surface area contributed by atoms with Gasteiger partial charge in [-0.05, 0) is 51.0 Å². The molecule has 154 valence electrons. The lowest BCUT2D eigenvalue weighted by molar-refractivity contribution is -0.132. The van der Waals surface area contributed by atoms with Crippen LogP contribution in [-0.4, -0.2) is 26.9 Å². The summed E-state index contributed by atoms with van der Waals surface area (Å²) < 4.78 is 18.6. The highest BCUT2D eigenvalue weighted by atomic mass is 19.1. The molecule has 1 aromatic carbocycles. The van der Waals surface area contributed by atoms with Crippen LogP contribution in [0.3, 0.4) is 0 Å². The SMILES string of the molecule is Cc1cc(N2C(=O)C(=O)/C(=C(/O)c3c(C)[nH]c(C)c3C)C2c2ccc(F)cc2)no1. The van der Waals surface area contributed by atoms with Gasteiger partial charge in [-0.15, -0.1) is 0 Å². The third kappa shape index (κ3) is 2.92. The summed E-state index contributed by atoms with van der Waals surface area (Å²) in [6.07, 6.45) is 0. The number of hydrogen-bond donors (Lipinski definition) is 2. The van der Waals surface area contributed by atoms with Crippen LogP contribution in [0.4, 0.5) is 10.2 Å². The molecule has 0 saturated carbocycles. The minimum Gasteiger partial charge on any atom is -0.507 e. The smallest absolute Gasteiger partial charge is 0.301 e. The first-order chi connectivity index (χ1) is 14.2. The summed E-state index contributed by atoms with van der Waals surface area (Å²) in [7, 11) is 0. The van der Waals surface area contributed by atoms with Gasteiger partial charge in [0.2, 0.25) is 0 Å². The van der Waals surface area contributed by atoms with E-state index in [2.05, 4.69) is 10.1 Å². The van der Waals surface area contributed by atoms with Crippen molar-refractivity contribution >= 4 is 23.3 Å². The zero-order valence-corrected chi connectivity index (χ0v) is 16.9. The predicted octanol–water partition coefficient (Wildman–Crippen LogP) is 4.00. The molecule has 1 amide bonds. The molecule has 2 N–H and O–H groups in total. The first-order valence-corrected chi connectivity index (χ1v) is 9.36. The number of nitrogens with one attached hydrogen (secondary N) is 1. The van der Waals surface area contributed by atoms with Crippen LogP contribution in [0, 0.1) is 33.5 Å². The quantitative estimate of drug-likeness (QED) is 0.387. The fraction of sp³-hybridized carbons (Fsp3) is 0.227. The molecule has 1 saturated heterocycles. The van der Waals surface area contributed by atoms with E-state index in [9.17, 15) is 19.1 Å². The van der Waals surface area contributed by atoms with Crippen LogP contribution in [0.25, 0.3) is 5.76 Å². The van der Waals surface area contributed by atoms with Gasteiger partial charge in [-0.1, -0.05) is 17.3 Å². The summed E-state index contributed by atoms with van der Waals surface area (Å²) in [6, 6.07) is 5.96. The number of carbonyl (C=O) groups excluding carboxylic acids is 2. The molecule has 7 nitrogen and oxygen atoms in total. The van der Waals surface area contributed by atoms with Gasteiger partial charge >= 0.3 is 5.91 Å². The number of benzene rings is 1. The van der Waals surface area contributed by atoms with Crippen molar-refractivity contribution in [2.75, 3.05) is 4.90 Å². The van der Waals surface area contributed by atoms with Gasteiger partial charge < -0.3 is 14.6 Å². The molecule has 0 spiro atoms. The second kappa shape index (κ2) is 6.98. The number of aliphatic hydroxyl groups is 1. The Bertz CT molecular complexity index is 1200. The second-order valence-corrected chi connectivity index (χ2v) is 7.39. The standard InChI is InChI=1S/C22H20FN3O4/c1-10-9-16(25-30-10)26-19(14-5-7-15(23)8-6-14)18(21(28)22(26)29)20(27)17-11(2)12(3)24-13(17)4/h5-9,19,24,27H,1-4H3/b20-18+. The molecule has 1 aliphatic heterocycles. The second-order valence-electron chi connectivity index (χ2n) is 7.39. The molecule has 0 bridgehead atoms. The lowest BCUT2D eigenvalue weighted by Crippen LogP contribution is -2.29. The first-order valence-electron chi connectivity index (χ1n) is 9.36. The molecule has 8 heteroatoms. The summed E-state index contributed by atoms with van der Waals surface area (Å²) in [4.78, 5) is 30.3. The molecule has 0 radical (unpaired) electrons. The van der Waals surface area contributed by atoms with Crippen LogP contribution in [0.5, 0.6) is 0 Å². The van der Waals surface area contributed by atoms with Crippen molar-refractivity contribution in [1.82, 2.24) is 10.1 Å². The van der Waals surface area contributed by atoms with E-state index in [0.717, 1.165) is 11.3 Å². The zero-order chi connectivity index (χ0) is 21.7. The van der Waals surface area contributed by atoms with E-state index in [1.807, 2.05) is 13.8 Å². The Hall–Kier alpha value is -3.68. The van der Waals surface area contributed by atoms with Crippen LogP contribution >= 0.6 is 0 Å². The number of aryl methyl sites for hydroxylation is 3. The number of rotatable bonds is 3. The Kier molecular flexibility index (Phi) is 4.57. The number of aliphatic hydroxyl groups excluding tert-OH is 1. The number of ketones is 1. The molecular weight excluding hydrogens is 389 g/mol. The predicted molar refractivity (Wildman–Crippen MR) is 107 cm³/mol. The Labute approximate surface area is 171 Å². The highest BCUT2D eigenvalue weighted by Crippen LogP contribution is 2.42. The molecule has 0 aliphatic carbocycles. The van der Waals surface area contributed by atoms with Gasteiger partial charge in [0.1, 0.15) is 17.3 Å². The van der Waals surface area contributed by atoms with Crippen molar-refractivity contribution in [3.63, 3.8) is 0 Å². The number of aromatic amines is 1. The molecule has 30 heavy (non-hydrogen) atoms. The topological polar surface area (TPSA) is 99.4 Å². The van der Waals surface area contributed by atoms with E-state index in [4.69, 9.17) is 4.52 Å². The fourth-order valence-corrected chi connectivity index (χ4v) is 3.89. The minimum absolute atomic E-state index is 0.0857. The maximum Gasteiger partial charge on any atom is 0.301 e. The first kappa shape index (κ1) is 19.6. The minimum atomic E-state index is -0.982. The summed E-state index contributed by atoms with van der Waals surface area (Å²) in [5, 5.41) is 15.1. The summed E-state index contributed by atoms with van der Waals surface area (Å²) in [5.41, 5.74) is 3.12. The van der Waals surface area contributed by atoms with Gasteiger partial charge in [-0.2, -0.15) is 0 Å². The number of nitrogens with zero attached hydrogens (tertiary/aromatic N) is 2. The van der Waals surface area contributed by atoms with Gasteiger partial charge in [-0.3, -0.25) is 14.5 Å². The summed E-state index contributed by atoms with van der Waals surface area (Å²) in [6.45, 7) is 7.11. The number of carbonyl (C=O) groups is 2. The number of Topliss-reactive ketones (excluding diaryl/α,β-unsaturated/α-hetero) is 1. The molecule has 1 aliphatic rings. The third-order valence-corrected chi connectivity index (χ3v) is 5.42. The van der Waals surface area contributed by atoms with Crippen molar-refractivity contribution in [3.8, 4) is 0 Å². The van der Waals surface area contributed by atoms with E-state index in [1.54, 1.807) is 13.8 Å². The highest BCUT2D eigenvalue weighted by Gasteiger charge is 2.48. The maximum atomic E-state index is 13.5. The van der Waals surface area contributed by atoms with Gasteiger partial charge in [0.15, 0.2) is 5.82 Å². The number of amides is 1. The Morgan fingerprint density at radius 1 is 1.13 bits per heavy atom. The molecule has 1 fully saturated rings. The van der Waals surface area contributed by atoms with E-state index < -0.39 is 23.5 Å². The molecule has 1 atom stereocenters. The molecule has 1 unspecified atom stereocenters. The Balaban J connectivity index is 1.99. The number of anilines is 1. The Morgan fingerprint density at radius 2 is 1.80 bits per heavy atom. The average Bonchev–Trinajstić information content (AvgIpc) is 3.31. The van der Waals surface area contributed by atoms with Crippen LogP contribution in [0.2, 0.25) is 0 Å². The zero-order valence-electron chi connectivity index (χ0n) is 16.9. The van der Waals surface area contributed by atoms with Crippen LogP contribution in [-0.2, 0) is 9.59 Å². The van der Waals surface area contributed by atoms with Crippen molar-refractivity contribution in [1.29, 1.82) is 0 Å². The number of aromatic nitrogens is 2. The molecule has 2 aromatic heterocycles. The van der Waals surface area contributed by atoms with E-state index in [-0.39, 0.29) is 17.2 Å². The van der Waals surface area contributed by atoms with E-state index in [1.165, 1.54) is 35.2 Å². The monoisotopic (exact) mass is 409 g/mol. The normalized spacial score (nSPS) is 18.4. The van der Waals surface area contributed by atoms with Crippen molar-refractivity contribution < 1.29 is 23.6 Å². The van der Waals surface area contributed by atoms with Gasteiger partial charge in [0.25, 0.3) is 5.78 Å². The third-order valence-electron chi connectivity index (χ3n) is 5.42. The summed E-state index contributed by atoms with van der Waals surface area (Å²) in [5.74, 6) is -1.84. The number of H-pyrrole nitrogens is 1. The van der Waals surface area contributed by atoms with Crippen LogP contribution in [0.1, 0.15) is 39.9 Å². The van der Waals surface area contributed by atoms with Crippen molar-refractivity contribution in [3.05, 3.63) is 75.6 Å². The highest BCUT2D eigenvalue weighted by molar-refractivity contribution is 6.51. The van der Waals surface area contributed by atoms with E-state index in [0.29, 0.717) is 22.6 Å². The molecule has 3 heterocycles. The van der Waals surface area contributed by atoms with Crippen LogP contribution < -0.4 is 4.90 Å². The maximum absolute atomic E-state index is 13.5. The molecule has 3 aromatic rings. The fourth-order valence-electron chi connectivity index (χ4n) is 3.89. The largest absolute Gasteiger partial charge is 0.507 e. The van der Waals surface area contributed by atoms with E-state index >= 15 is 0 Å². The lowest BCUT2D eigenvalue weighted by Gasteiger charge is -2.22. The number of hydrogen-bond acceptors (Lipinski definition) is 5. The average molecular weight is 409 g/mol. The van der Waals surface area contributed by atoms with Crippen LogP contribution in [0.15, 0.2) is 40.4 Å². The van der Waals surface area contributed by atoms with Gasteiger partial charge in [-0.25, -0.2) is 4.39 Å². The summed E-state index contributed by atoms with van der Waals surface area (Å²) >= 11 is 0. The van der Waals surface area contributed by atoms with Crippen molar-refractivity contribution in [2.24, 2.45) is 0 Å². The Morgan fingerprint density at radius 3 is 2.33 bits per heavy atom. The van der Waals surface area contributed by atoms with Gasteiger partial charge in [0.05, 0.1) is 11.6 Å². The molecular formula is C22H20FN3O4.